The van der Waals surface area contributed by atoms with E-state index in [2.05, 4.69) is 40.3 Å². The molecule has 38 heavy (non-hydrogen) atoms. The summed E-state index contributed by atoms with van der Waals surface area (Å²) in [5, 5.41) is 10.1. The second-order valence-electron chi connectivity index (χ2n) is 7.17. The zero-order chi connectivity index (χ0) is 27.8. The van der Waals surface area contributed by atoms with Crippen molar-refractivity contribution in [1.82, 2.24) is 25.6 Å². The average molecular weight is 552 g/mol. The third kappa shape index (κ3) is 6.70. The average Bonchev–Trinajstić information content (AvgIpc) is 3.30. The van der Waals surface area contributed by atoms with E-state index in [1.54, 1.807) is 13.0 Å². The van der Waals surface area contributed by atoms with Crippen molar-refractivity contribution in [2.24, 2.45) is 5.16 Å². The summed E-state index contributed by atoms with van der Waals surface area (Å²) >= 11 is 6.17. The lowest BCUT2D eigenvalue weighted by Crippen LogP contribution is -2.42. The second kappa shape index (κ2) is 12.4. The Morgan fingerprint density at radius 3 is 2.58 bits per heavy atom. The van der Waals surface area contributed by atoms with Crippen LogP contribution < -0.4 is 20.9 Å². The number of anilines is 1. The normalized spacial score (nSPS) is 10.8. The van der Waals surface area contributed by atoms with Crippen LogP contribution in [0.5, 0.6) is 5.88 Å². The minimum absolute atomic E-state index is 0.0185. The summed E-state index contributed by atoms with van der Waals surface area (Å²) in [6.07, 6.45) is 1.73. The number of carbonyl (C=O) groups is 3. The van der Waals surface area contributed by atoms with Gasteiger partial charge in [-0.3, -0.25) is 15.0 Å². The molecule has 3 N–H and O–H groups in total. The van der Waals surface area contributed by atoms with Crippen molar-refractivity contribution >= 4 is 41.4 Å². The van der Waals surface area contributed by atoms with Crippen LogP contribution >= 0.6 is 11.6 Å². The van der Waals surface area contributed by atoms with Crippen molar-refractivity contribution in [3.05, 3.63) is 63.9 Å². The van der Waals surface area contributed by atoms with Crippen molar-refractivity contribution in [3.63, 3.8) is 0 Å². The lowest BCUT2D eigenvalue weighted by Gasteiger charge is -2.16. The predicted octanol–water partition coefficient (Wildman–Crippen LogP) is 3.06. The topological polar surface area (TPSA) is 158 Å². The highest BCUT2D eigenvalue weighted by molar-refractivity contribution is 6.32. The molecule has 2 heterocycles. The summed E-state index contributed by atoms with van der Waals surface area (Å²) in [5.41, 5.74) is 4.62. The number of pyridine rings is 1. The molecular formula is C22H20ClF2N7O6. The SMILES string of the molecule is CO/N=C/c1cc(C)c(NC(=O)c2cc(OC(F)F)nn2-c2ncccc2Cl)c(C(=O)NNC(=O)OC)c1. The van der Waals surface area contributed by atoms with Crippen LogP contribution in [-0.4, -0.2) is 59.7 Å². The van der Waals surface area contributed by atoms with Gasteiger partial charge in [0.2, 0.25) is 5.88 Å². The number of ether oxygens (including phenoxy) is 2. The van der Waals surface area contributed by atoms with Crippen LogP contribution in [0, 0.1) is 6.92 Å². The van der Waals surface area contributed by atoms with Crippen molar-refractivity contribution < 1.29 is 37.5 Å². The third-order valence-electron chi connectivity index (χ3n) is 4.68. The van der Waals surface area contributed by atoms with Crippen LogP contribution in [0.3, 0.4) is 0 Å². The van der Waals surface area contributed by atoms with Gasteiger partial charge in [-0.2, -0.15) is 8.78 Å². The van der Waals surface area contributed by atoms with Crippen molar-refractivity contribution in [2.45, 2.75) is 13.5 Å². The Balaban J connectivity index is 2.05. The molecule has 2 aromatic heterocycles. The number of benzene rings is 1. The highest BCUT2D eigenvalue weighted by atomic mass is 35.5. The minimum Gasteiger partial charge on any atom is -0.452 e. The van der Waals surface area contributed by atoms with Crippen LogP contribution in [0.2, 0.25) is 5.02 Å². The number of oxime groups is 1. The Labute approximate surface area is 218 Å². The monoisotopic (exact) mass is 551 g/mol. The number of nitrogens with zero attached hydrogens (tertiary/aromatic N) is 4. The number of halogens is 3. The first kappa shape index (κ1) is 27.8. The Morgan fingerprint density at radius 2 is 1.92 bits per heavy atom. The molecule has 0 fully saturated rings. The van der Waals surface area contributed by atoms with Crippen LogP contribution in [-0.2, 0) is 9.57 Å². The van der Waals surface area contributed by atoms with Gasteiger partial charge in [0.15, 0.2) is 5.82 Å². The molecule has 3 aromatic rings. The molecule has 0 aliphatic heterocycles. The predicted molar refractivity (Wildman–Crippen MR) is 130 cm³/mol. The van der Waals surface area contributed by atoms with Crippen LogP contribution in [0.15, 0.2) is 41.7 Å². The van der Waals surface area contributed by atoms with Gasteiger partial charge in [-0.1, -0.05) is 16.8 Å². The molecule has 0 saturated heterocycles. The molecule has 200 valence electrons. The number of hydrazine groups is 1. The summed E-state index contributed by atoms with van der Waals surface area (Å²) in [6, 6.07) is 6.89. The van der Waals surface area contributed by atoms with Gasteiger partial charge < -0.3 is 19.6 Å². The minimum atomic E-state index is -3.21. The fourth-order valence-electron chi connectivity index (χ4n) is 3.12. The van der Waals surface area contributed by atoms with E-state index in [4.69, 9.17) is 11.6 Å². The molecule has 0 spiro atoms. The number of methoxy groups -OCH3 is 1. The number of alkyl halides is 2. The smallest absolute Gasteiger partial charge is 0.425 e. The van der Waals surface area contributed by atoms with Gasteiger partial charge in [-0.15, -0.1) is 5.10 Å². The highest BCUT2D eigenvalue weighted by Crippen LogP contribution is 2.26. The summed E-state index contributed by atoms with van der Waals surface area (Å²) in [5.74, 6) is -2.31. The van der Waals surface area contributed by atoms with Gasteiger partial charge in [0, 0.05) is 12.3 Å². The summed E-state index contributed by atoms with van der Waals surface area (Å²) in [4.78, 5) is 46.4. The van der Waals surface area contributed by atoms with Crippen LogP contribution in [0.4, 0.5) is 19.3 Å². The summed E-state index contributed by atoms with van der Waals surface area (Å²) in [7, 11) is 2.43. The molecule has 0 aliphatic rings. The van der Waals surface area contributed by atoms with E-state index in [-0.39, 0.29) is 27.8 Å². The third-order valence-corrected chi connectivity index (χ3v) is 4.98. The zero-order valence-electron chi connectivity index (χ0n) is 20.0. The van der Waals surface area contributed by atoms with Crippen molar-refractivity contribution in [3.8, 4) is 11.7 Å². The van der Waals surface area contributed by atoms with Crippen molar-refractivity contribution in [1.29, 1.82) is 0 Å². The first-order valence-electron chi connectivity index (χ1n) is 10.5. The molecule has 3 rings (SSSR count). The van der Waals surface area contributed by atoms with E-state index in [0.29, 0.717) is 11.1 Å². The van der Waals surface area contributed by atoms with Gasteiger partial charge in [-0.25, -0.2) is 19.9 Å². The first-order chi connectivity index (χ1) is 18.1. The first-order valence-corrected chi connectivity index (χ1v) is 10.8. The van der Waals surface area contributed by atoms with E-state index in [9.17, 15) is 23.2 Å². The molecule has 0 saturated carbocycles. The number of aryl methyl sites for hydroxylation is 1. The Kier molecular flexibility index (Phi) is 9.10. The van der Waals surface area contributed by atoms with Gasteiger partial charge in [0.25, 0.3) is 11.8 Å². The van der Waals surface area contributed by atoms with Crippen molar-refractivity contribution in [2.75, 3.05) is 19.5 Å². The van der Waals surface area contributed by atoms with Gasteiger partial charge in [-0.05, 0) is 42.3 Å². The molecule has 16 heteroatoms. The van der Waals surface area contributed by atoms with Gasteiger partial charge >= 0.3 is 12.7 Å². The van der Waals surface area contributed by atoms with Gasteiger partial charge in [0.05, 0.1) is 29.6 Å². The number of aromatic nitrogens is 3. The van der Waals surface area contributed by atoms with E-state index in [1.807, 2.05) is 5.43 Å². The van der Waals surface area contributed by atoms with E-state index in [0.717, 1.165) is 17.9 Å². The van der Waals surface area contributed by atoms with E-state index in [1.165, 1.54) is 37.7 Å². The number of hydrogen-bond donors (Lipinski definition) is 3. The molecule has 0 unspecified atom stereocenters. The van der Waals surface area contributed by atoms with Crippen LogP contribution in [0.1, 0.15) is 32.0 Å². The molecule has 0 aliphatic carbocycles. The molecule has 0 bridgehead atoms. The highest BCUT2D eigenvalue weighted by Gasteiger charge is 2.24. The Hall–Kier alpha value is -4.79. The van der Waals surface area contributed by atoms with Crippen LogP contribution in [0.25, 0.3) is 5.82 Å². The van der Waals surface area contributed by atoms with E-state index < -0.39 is 30.4 Å². The zero-order valence-corrected chi connectivity index (χ0v) is 20.7. The quantitative estimate of drug-likeness (QED) is 0.285. The Morgan fingerprint density at radius 1 is 1.16 bits per heavy atom. The number of hydrogen-bond acceptors (Lipinski definition) is 9. The second-order valence-corrected chi connectivity index (χ2v) is 7.58. The summed E-state index contributed by atoms with van der Waals surface area (Å²) < 4.78 is 35.4. The number of nitrogens with one attached hydrogen (secondary N) is 3. The molecule has 1 aromatic carbocycles. The molecule has 13 nitrogen and oxygen atoms in total. The fraction of sp³-hybridized carbons (Fsp3) is 0.182. The maximum absolute atomic E-state index is 13.4. The van der Waals surface area contributed by atoms with Gasteiger partial charge in [0.1, 0.15) is 12.8 Å². The fourth-order valence-corrected chi connectivity index (χ4v) is 3.32. The molecular weight excluding hydrogens is 532 g/mol. The molecule has 3 amide bonds. The number of rotatable bonds is 8. The lowest BCUT2D eigenvalue weighted by atomic mass is 10.0. The summed E-state index contributed by atoms with van der Waals surface area (Å²) in [6.45, 7) is -1.63. The number of carbonyl (C=O) groups excluding carboxylic acids is 3. The maximum Gasteiger partial charge on any atom is 0.425 e. The largest absolute Gasteiger partial charge is 0.452 e. The lowest BCUT2D eigenvalue weighted by molar-refractivity contribution is -0.0530. The maximum atomic E-state index is 13.4. The molecule has 0 radical (unpaired) electrons. The van der Waals surface area contributed by atoms with E-state index >= 15 is 0 Å². The molecule has 0 atom stereocenters. The Bertz CT molecular complexity index is 1380. The number of amides is 3. The standard InChI is InChI=1S/C22H20ClF2N7O6/c1-11-7-12(10-27-37-3)8-13(19(33)29-30-22(35)36-2)17(11)28-20(34)15-9-16(38-21(24)25)31-32(15)18-14(23)5-4-6-26-18/h4-10,21H,1-3H3,(H,28,34)(H,29,33)(H,30,35)/b27-10+.